The molecule has 0 radical (unpaired) electrons. The first-order valence-corrected chi connectivity index (χ1v) is 8.24. The summed E-state index contributed by atoms with van der Waals surface area (Å²) in [5, 5.41) is 9.46. The lowest BCUT2D eigenvalue weighted by Crippen LogP contribution is -2.57. The van der Waals surface area contributed by atoms with Crippen molar-refractivity contribution in [1.82, 2.24) is 9.80 Å². The van der Waals surface area contributed by atoms with Gasteiger partial charge in [0.05, 0.1) is 0 Å². The van der Waals surface area contributed by atoms with Crippen LogP contribution in [0.3, 0.4) is 0 Å². The van der Waals surface area contributed by atoms with Crippen LogP contribution in [-0.4, -0.2) is 52.1 Å². The molecule has 1 N–H and O–H groups in total. The van der Waals surface area contributed by atoms with Crippen molar-refractivity contribution in [1.29, 1.82) is 0 Å². The maximum atomic E-state index is 12.8. The van der Waals surface area contributed by atoms with Crippen LogP contribution < -0.4 is 0 Å². The molecule has 0 spiro atoms. The molecule has 2 fully saturated rings. The van der Waals surface area contributed by atoms with E-state index in [1.165, 1.54) is 0 Å². The van der Waals surface area contributed by atoms with E-state index in [0.29, 0.717) is 24.8 Å². The lowest BCUT2D eigenvalue weighted by Gasteiger charge is -2.43. The van der Waals surface area contributed by atoms with Gasteiger partial charge in [0.2, 0.25) is 0 Å². The third-order valence-electron chi connectivity index (χ3n) is 5.20. The molecule has 5 nitrogen and oxygen atoms in total. The minimum Gasteiger partial charge on any atom is -0.480 e. The maximum absolute atomic E-state index is 12.8. The number of carboxylic acid groups (broad SMARTS) is 1. The molecule has 2 amide bonds. The summed E-state index contributed by atoms with van der Waals surface area (Å²) in [7, 11) is 0. The van der Waals surface area contributed by atoms with Gasteiger partial charge in [-0.25, -0.2) is 9.59 Å². The number of aliphatic carboxylic acids is 1. The molecule has 0 aromatic heterocycles. The molecule has 120 valence electrons. The standard InChI is InChI=1S/C16H28N2O3/c1-4-13-6-8-18(14(10-13)15(19)20)16(21)17-7-5-11(2)9-12(17)3/h11-14H,4-10H2,1-3H3,(H,19,20). The first kappa shape index (κ1) is 16.1. The van der Waals surface area contributed by atoms with Gasteiger partial charge in [-0.2, -0.15) is 0 Å². The van der Waals surface area contributed by atoms with E-state index in [1.54, 1.807) is 4.90 Å². The van der Waals surface area contributed by atoms with Crippen LogP contribution in [0.4, 0.5) is 4.79 Å². The second-order valence-electron chi connectivity index (χ2n) is 6.80. The molecule has 2 aliphatic rings. The average molecular weight is 296 g/mol. The average Bonchev–Trinajstić information content (AvgIpc) is 2.46. The zero-order valence-corrected chi connectivity index (χ0v) is 13.4. The van der Waals surface area contributed by atoms with E-state index >= 15 is 0 Å². The number of hydrogen-bond donors (Lipinski definition) is 1. The fourth-order valence-electron chi connectivity index (χ4n) is 3.73. The number of carboxylic acids is 1. The number of carbonyl (C=O) groups excluding carboxylic acids is 1. The molecule has 21 heavy (non-hydrogen) atoms. The van der Waals surface area contributed by atoms with Gasteiger partial charge in [0.15, 0.2) is 0 Å². The number of urea groups is 1. The fourth-order valence-corrected chi connectivity index (χ4v) is 3.73. The molecule has 0 aromatic rings. The van der Waals surface area contributed by atoms with E-state index in [9.17, 15) is 14.7 Å². The van der Waals surface area contributed by atoms with Gasteiger partial charge < -0.3 is 14.9 Å². The Morgan fingerprint density at radius 2 is 1.76 bits per heavy atom. The van der Waals surface area contributed by atoms with Gasteiger partial charge >= 0.3 is 12.0 Å². The third kappa shape index (κ3) is 3.50. The molecule has 0 bridgehead atoms. The second-order valence-corrected chi connectivity index (χ2v) is 6.80. The maximum Gasteiger partial charge on any atom is 0.326 e. The zero-order chi connectivity index (χ0) is 15.6. The summed E-state index contributed by atoms with van der Waals surface area (Å²) in [6.07, 6.45) is 4.53. The first-order valence-electron chi connectivity index (χ1n) is 8.24. The molecule has 0 aliphatic carbocycles. The number of hydrogen-bond acceptors (Lipinski definition) is 2. The van der Waals surface area contributed by atoms with E-state index in [0.717, 1.165) is 32.2 Å². The van der Waals surface area contributed by atoms with Gasteiger partial charge in [0.25, 0.3) is 0 Å². The number of carbonyl (C=O) groups is 2. The Morgan fingerprint density at radius 1 is 1.10 bits per heavy atom. The number of likely N-dealkylation sites (tertiary alicyclic amines) is 2. The van der Waals surface area contributed by atoms with Gasteiger partial charge in [-0.15, -0.1) is 0 Å². The first-order chi connectivity index (χ1) is 9.93. The Labute approximate surface area is 127 Å². The van der Waals surface area contributed by atoms with Crippen molar-refractivity contribution in [2.75, 3.05) is 13.1 Å². The van der Waals surface area contributed by atoms with Gasteiger partial charge in [0.1, 0.15) is 6.04 Å². The van der Waals surface area contributed by atoms with Crippen molar-refractivity contribution in [3.8, 4) is 0 Å². The molecule has 4 atom stereocenters. The predicted molar refractivity (Wildman–Crippen MR) is 81.1 cm³/mol. The Kier molecular flexibility index (Phi) is 5.12. The number of piperidine rings is 2. The summed E-state index contributed by atoms with van der Waals surface area (Å²) in [4.78, 5) is 27.8. The Morgan fingerprint density at radius 3 is 2.33 bits per heavy atom. The lowest BCUT2D eigenvalue weighted by molar-refractivity contribution is -0.144. The minimum atomic E-state index is -0.862. The summed E-state index contributed by atoms with van der Waals surface area (Å²) >= 11 is 0. The highest BCUT2D eigenvalue weighted by atomic mass is 16.4. The largest absolute Gasteiger partial charge is 0.480 e. The van der Waals surface area contributed by atoms with E-state index in [2.05, 4.69) is 20.8 Å². The molecule has 2 rings (SSSR count). The highest BCUT2D eigenvalue weighted by Gasteiger charge is 2.39. The Balaban J connectivity index is 2.08. The van der Waals surface area contributed by atoms with Crippen molar-refractivity contribution in [2.24, 2.45) is 11.8 Å². The number of nitrogens with zero attached hydrogens (tertiary/aromatic N) is 2. The number of amides is 2. The van der Waals surface area contributed by atoms with E-state index < -0.39 is 12.0 Å². The topological polar surface area (TPSA) is 60.9 Å². The monoisotopic (exact) mass is 296 g/mol. The van der Waals surface area contributed by atoms with Crippen LogP contribution in [0.5, 0.6) is 0 Å². The van der Waals surface area contributed by atoms with Crippen molar-refractivity contribution < 1.29 is 14.7 Å². The summed E-state index contributed by atoms with van der Waals surface area (Å²) in [6.45, 7) is 7.71. The van der Waals surface area contributed by atoms with Gasteiger partial charge in [-0.3, -0.25) is 0 Å². The molecule has 2 aliphatic heterocycles. The van der Waals surface area contributed by atoms with Crippen LogP contribution >= 0.6 is 0 Å². The highest BCUT2D eigenvalue weighted by Crippen LogP contribution is 2.29. The van der Waals surface area contributed by atoms with Crippen LogP contribution in [0.25, 0.3) is 0 Å². The third-order valence-corrected chi connectivity index (χ3v) is 5.20. The molecule has 0 saturated carbocycles. The van der Waals surface area contributed by atoms with E-state index in [1.807, 2.05) is 4.90 Å². The van der Waals surface area contributed by atoms with Gasteiger partial charge in [0, 0.05) is 19.1 Å². The Bertz CT molecular complexity index is 399. The smallest absolute Gasteiger partial charge is 0.326 e. The van der Waals surface area contributed by atoms with Crippen LogP contribution in [0.15, 0.2) is 0 Å². The number of rotatable bonds is 2. The summed E-state index contributed by atoms with van der Waals surface area (Å²) in [5.74, 6) is 0.207. The van der Waals surface area contributed by atoms with Crippen LogP contribution in [0, 0.1) is 11.8 Å². The van der Waals surface area contributed by atoms with Crippen LogP contribution in [0.1, 0.15) is 52.9 Å². The van der Waals surface area contributed by atoms with E-state index in [4.69, 9.17) is 0 Å². The molecule has 5 heteroatoms. The Hall–Kier alpha value is -1.26. The molecular formula is C16H28N2O3. The lowest BCUT2D eigenvalue weighted by atomic mass is 9.88. The SMILES string of the molecule is CCC1CCN(C(=O)N2CCC(C)CC2C)C(C(=O)O)C1. The van der Waals surface area contributed by atoms with E-state index in [-0.39, 0.29) is 12.1 Å². The molecule has 2 saturated heterocycles. The van der Waals surface area contributed by atoms with Crippen LogP contribution in [0.2, 0.25) is 0 Å². The molecule has 2 heterocycles. The van der Waals surface area contributed by atoms with Gasteiger partial charge in [-0.05, 0) is 44.4 Å². The predicted octanol–water partition coefficient (Wildman–Crippen LogP) is 2.80. The van der Waals surface area contributed by atoms with Crippen molar-refractivity contribution in [2.45, 2.75) is 65.0 Å². The minimum absolute atomic E-state index is 0.0728. The zero-order valence-electron chi connectivity index (χ0n) is 13.4. The molecule has 0 aromatic carbocycles. The molecular weight excluding hydrogens is 268 g/mol. The van der Waals surface area contributed by atoms with Crippen molar-refractivity contribution >= 4 is 12.0 Å². The fraction of sp³-hybridized carbons (Fsp3) is 0.875. The summed E-state index contributed by atoms with van der Waals surface area (Å²) in [5.41, 5.74) is 0. The van der Waals surface area contributed by atoms with Crippen molar-refractivity contribution in [3.05, 3.63) is 0 Å². The summed E-state index contributed by atoms with van der Waals surface area (Å²) in [6, 6.07) is -0.515. The van der Waals surface area contributed by atoms with Gasteiger partial charge in [-0.1, -0.05) is 20.3 Å². The van der Waals surface area contributed by atoms with Crippen LogP contribution in [-0.2, 0) is 4.79 Å². The summed E-state index contributed by atoms with van der Waals surface area (Å²) < 4.78 is 0. The quantitative estimate of drug-likeness (QED) is 0.852. The van der Waals surface area contributed by atoms with Crippen molar-refractivity contribution in [3.63, 3.8) is 0 Å². The normalized spacial score (nSPS) is 33.9. The second kappa shape index (κ2) is 6.67. The molecule has 4 unspecified atom stereocenters. The highest BCUT2D eigenvalue weighted by molar-refractivity contribution is 5.83.